The summed E-state index contributed by atoms with van der Waals surface area (Å²) in [4.78, 5) is 9.01. The Balaban J connectivity index is 1.36. The van der Waals surface area contributed by atoms with Gasteiger partial charge in [0.1, 0.15) is 16.7 Å². The van der Waals surface area contributed by atoms with E-state index in [-0.39, 0.29) is 6.61 Å². The van der Waals surface area contributed by atoms with Crippen LogP contribution in [0, 0.1) is 0 Å². The minimum Gasteiger partial charge on any atom is -0.456 e. The molecule has 0 saturated heterocycles. The average molecular weight is 409 g/mol. The molecule has 0 bridgehead atoms. The van der Waals surface area contributed by atoms with E-state index in [1.54, 1.807) is 0 Å². The quantitative estimate of drug-likeness (QED) is 0.352. The van der Waals surface area contributed by atoms with Crippen molar-refractivity contribution >= 4 is 22.1 Å². The van der Waals surface area contributed by atoms with Crippen molar-refractivity contribution in [1.82, 2.24) is 15.1 Å². The van der Waals surface area contributed by atoms with Crippen molar-refractivity contribution in [1.29, 1.82) is 0 Å². The van der Waals surface area contributed by atoms with Crippen LogP contribution in [0.4, 0.5) is 0 Å². The van der Waals surface area contributed by atoms with Crippen molar-refractivity contribution in [2.45, 2.75) is 6.61 Å². The molecule has 0 aliphatic rings. The van der Waals surface area contributed by atoms with Gasteiger partial charge in [-0.3, -0.25) is 0 Å². The lowest BCUT2D eigenvalue weighted by Gasteiger charge is -2.00. The van der Waals surface area contributed by atoms with Gasteiger partial charge in [-0.1, -0.05) is 53.7 Å². The number of para-hydroxylation sites is 3. The fourth-order valence-electron chi connectivity index (χ4n) is 3.45. The fraction of sp³-hybridized carbons (Fsp3) is 0.0417. The summed E-state index contributed by atoms with van der Waals surface area (Å²) in [6, 6.07) is 24.8. The summed E-state index contributed by atoms with van der Waals surface area (Å²) in [6.07, 6.45) is 0. The molecule has 0 radical (unpaired) electrons. The molecule has 0 aliphatic heterocycles. The summed E-state index contributed by atoms with van der Waals surface area (Å²) in [5.74, 6) is 1.56. The first-order valence-corrected chi connectivity index (χ1v) is 9.73. The predicted octanol–water partition coefficient (Wildman–Crippen LogP) is 5.87. The van der Waals surface area contributed by atoms with E-state index in [2.05, 4.69) is 15.1 Å². The third kappa shape index (κ3) is 3.12. The molecule has 31 heavy (non-hydrogen) atoms. The van der Waals surface area contributed by atoms with Gasteiger partial charge in [-0.2, -0.15) is 4.98 Å². The molecule has 0 saturated carbocycles. The second-order valence-electron chi connectivity index (χ2n) is 6.92. The molecule has 0 spiro atoms. The van der Waals surface area contributed by atoms with Crippen LogP contribution in [0.15, 0.2) is 92.2 Å². The molecule has 7 nitrogen and oxygen atoms in total. The highest BCUT2D eigenvalue weighted by Gasteiger charge is 2.23. The second-order valence-corrected chi connectivity index (χ2v) is 6.92. The largest absolute Gasteiger partial charge is 0.456 e. The van der Waals surface area contributed by atoms with Crippen LogP contribution in [0.25, 0.3) is 45.0 Å². The Bertz CT molecular complexity index is 1460. The topological polar surface area (TPSA) is 87.3 Å². The van der Waals surface area contributed by atoms with E-state index in [9.17, 15) is 0 Å². The monoisotopic (exact) mass is 409 g/mol. The molecule has 150 valence electrons. The third-order valence-electron chi connectivity index (χ3n) is 4.89. The lowest BCUT2D eigenvalue weighted by Crippen LogP contribution is -1.97. The molecular weight excluding hydrogens is 394 g/mol. The Kier molecular flexibility index (Phi) is 4.02. The van der Waals surface area contributed by atoms with Crippen LogP contribution in [-0.2, 0) is 6.61 Å². The van der Waals surface area contributed by atoms with Gasteiger partial charge in [-0.15, -0.1) is 0 Å². The zero-order valence-electron chi connectivity index (χ0n) is 16.2. The van der Waals surface area contributed by atoms with Crippen LogP contribution < -0.4 is 4.74 Å². The first-order valence-electron chi connectivity index (χ1n) is 9.73. The summed E-state index contributed by atoms with van der Waals surface area (Å²) in [5, 5.41) is 4.86. The van der Waals surface area contributed by atoms with Crippen molar-refractivity contribution in [3.05, 3.63) is 84.7 Å². The van der Waals surface area contributed by atoms with Gasteiger partial charge in [0.25, 0.3) is 11.8 Å². The number of aromatic nitrogens is 3. The molecule has 0 amide bonds. The smallest absolute Gasteiger partial charge is 0.299 e. The summed E-state index contributed by atoms with van der Waals surface area (Å²) in [6.45, 7) is 0.0728. The van der Waals surface area contributed by atoms with E-state index >= 15 is 0 Å². The third-order valence-corrected chi connectivity index (χ3v) is 4.89. The average Bonchev–Trinajstić information content (AvgIpc) is 3.54. The first kappa shape index (κ1) is 17.5. The maximum atomic E-state index is 5.97. The summed E-state index contributed by atoms with van der Waals surface area (Å²) >= 11 is 0. The van der Waals surface area contributed by atoms with E-state index in [4.69, 9.17) is 18.1 Å². The van der Waals surface area contributed by atoms with Crippen molar-refractivity contribution in [3.8, 4) is 28.9 Å². The second kappa shape index (κ2) is 7.14. The molecule has 0 fully saturated rings. The Morgan fingerprint density at radius 3 is 2.35 bits per heavy atom. The number of nitrogens with zero attached hydrogens (tertiary/aromatic N) is 3. The zero-order valence-corrected chi connectivity index (χ0v) is 16.2. The number of furan rings is 1. The number of benzene rings is 3. The molecular formula is C24H15N3O4. The number of oxazole rings is 1. The van der Waals surface area contributed by atoms with Gasteiger partial charge in [-0.05, 0) is 30.3 Å². The van der Waals surface area contributed by atoms with Crippen LogP contribution >= 0.6 is 0 Å². The SMILES string of the molecule is c1ccc(-c2nc(COc3oc4ccccc4c3-c3nc4ccccc4o3)no2)cc1. The zero-order chi connectivity index (χ0) is 20.6. The minimum atomic E-state index is 0.0728. The number of fused-ring (bicyclic) bond motifs is 2. The highest BCUT2D eigenvalue weighted by Crippen LogP contribution is 2.40. The van der Waals surface area contributed by atoms with Gasteiger partial charge >= 0.3 is 0 Å². The summed E-state index contributed by atoms with van der Waals surface area (Å²) in [7, 11) is 0. The molecule has 0 atom stereocenters. The molecule has 0 unspecified atom stereocenters. The van der Waals surface area contributed by atoms with Crippen LogP contribution in [-0.4, -0.2) is 15.1 Å². The normalized spacial score (nSPS) is 11.4. The Morgan fingerprint density at radius 2 is 1.48 bits per heavy atom. The molecule has 3 heterocycles. The maximum absolute atomic E-state index is 5.97. The Hall–Kier alpha value is -4.39. The van der Waals surface area contributed by atoms with E-state index < -0.39 is 0 Å². The molecule has 3 aromatic heterocycles. The Morgan fingerprint density at radius 1 is 0.710 bits per heavy atom. The number of hydrogen-bond donors (Lipinski definition) is 0. The lowest BCUT2D eigenvalue weighted by atomic mass is 10.2. The summed E-state index contributed by atoms with van der Waals surface area (Å²) in [5.41, 5.74) is 3.63. The van der Waals surface area contributed by atoms with Gasteiger partial charge in [0.05, 0.1) is 0 Å². The molecule has 6 rings (SSSR count). The van der Waals surface area contributed by atoms with Crippen molar-refractivity contribution in [3.63, 3.8) is 0 Å². The van der Waals surface area contributed by atoms with E-state index in [0.29, 0.717) is 40.3 Å². The minimum absolute atomic E-state index is 0.0728. The highest BCUT2D eigenvalue weighted by atomic mass is 16.6. The van der Waals surface area contributed by atoms with Gasteiger partial charge in [0, 0.05) is 10.9 Å². The lowest BCUT2D eigenvalue weighted by molar-refractivity contribution is 0.229. The number of rotatable bonds is 5. The molecule has 3 aromatic carbocycles. The first-order chi connectivity index (χ1) is 15.3. The van der Waals surface area contributed by atoms with Crippen LogP contribution in [0.2, 0.25) is 0 Å². The van der Waals surface area contributed by atoms with Gasteiger partial charge in [0.15, 0.2) is 12.2 Å². The van der Waals surface area contributed by atoms with E-state index in [0.717, 1.165) is 16.5 Å². The number of hydrogen-bond acceptors (Lipinski definition) is 7. The Labute approximate surface area is 175 Å². The van der Waals surface area contributed by atoms with Crippen LogP contribution in [0.3, 0.4) is 0 Å². The van der Waals surface area contributed by atoms with Gasteiger partial charge in [0.2, 0.25) is 11.7 Å². The maximum Gasteiger partial charge on any atom is 0.299 e. The molecule has 0 aliphatic carbocycles. The standard InChI is InChI=1S/C24H15N3O4/c1-2-8-15(9-3-1)22-26-20(27-31-22)14-28-24-21(16-10-4-6-12-18(16)30-24)23-25-17-11-5-7-13-19(17)29-23/h1-13H,14H2. The van der Waals surface area contributed by atoms with Gasteiger partial charge in [-0.25, -0.2) is 4.98 Å². The summed E-state index contributed by atoms with van der Waals surface area (Å²) < 4.78 is 23.2. The van der Waals surface area contributed by atoms with Gasteiger partial charge < -0.3 is 18.1 Å². The molecule has 0 N–H and O–H groups in total. The molecule has 6 aromatic rings. The van der Waals surface area contributed by atoms with Crippen molar-refractivity contribution in [2.75, 3.05) is 0 Å². The van der Waals surface area contributed by atoms with Crippen LogP contribution in [0.5, 0.6) is 5.95 Å². The highest BCUT2D eigenvalue weighted by molar-refractivity contribution is 5.96. The van der Waals surface area contributed by atoms with E-state index in [1.807, 2.05) is 78.9 Å². The van der Waals surface area contributed by atoms with E-state index in [1.165, 1.54) is 0 Å². The van der Waals surface area contributed by atoms with Crippen LogP contribution in [0.1, 0.15) is 5.82 Å². The molecule has 7 heteroatoms. The van der Waals surface area contributed by atoms with Crippen molar-refractivity contribution < 1.29 is 18.1 Å². The number of ether oxygens (including phenoxy) is 1. The fourth-order valence-corrected chi connectivity index (χ4v) is 3.45. The predicted molar refractivity (Wildman–Crippen MR) is 113 cm³/mol. The van der Waals surface area contributed by atoms with Crippen molar-refractivity contribution in [2.24, 2.45) is 0 Å².